The van der Waals surface area contributed by atoms with Crippen molar-refractivity contribution in [1.82, 2.24) is 10.6 Å². The number of halogens is 1. The van der Waals surface area contributed by atoms with Crippen LogP contribution in [0.15, 0.2) is 54.6 Å². The molecule has 166 valence electrons. The Morgan fingerprint density at radius 3 is 2.45 bits per heavy atom. The summed E-state index contributed by atoms with van der Waals surface area (Å²) >= 11 is 0. The Morgan fingerprint density at radius 2 is 1.77 bits per heavy atom. The quantitative estimate of drug-likeness (QED) is 0.493. The van der Waals surface area contributed by atoms with Crippen LogP contribution in [0.5, 0.6) is 0 Å². The lowest BCUT2D eigenvalue weighted by atomic mass is 10.1. The van der Waals surface area contributed by atoms with Crippen molar-refractivity contribution in [1.29, 1.82) is 0 Å². The predicted octanol–water partition coefficient (Wildman–Crippen LogP) is 1.70. The molecule has 0 aromatic heterocycles. The van der Waals surface area contributed by atoms with Gasteiger partial charge in [-0.1, -0.05) is 42.5 Å². The number of amides is 2. The molecule has 0 heterocycles. The molecular formula is C22H25FN2O6. The Kier molecular flexibility index (Phi) is 9.44. The average molecular weight is 432 g/mol. The van der Waals surface area contributed by atoms with E-state index in [1.807, 2.05) is 18.2 Å². The maximum Gasteiger partial charge on any atom is 0.407 e. The van der Waals surface area contributed by atoms with Crippen LogP contribution < -0.4 is 10.6 Å². The third kappa shape index (κ3) is 8.83. The lowest BCUT2D eigenvalue weighted by Crippen LogP contribution is -2.45. The molecule has 0 fully saturated rings. The molecule has 0 aliphatic heterocycles. The van der Waals surface area contributed by atoms with Gasteiger partial charge in [-0.3, -0.25) is 4.79 Å². The highest BCUT2D eigenvalue weighted by atomic mass is 19.1. The highest BCUT2D eigenvalue weighted by Crippen LogP contribution is 2.08. The van der Waals surface area contributed by atoms with Crippen molar-refractivity contribution >= 4 is 18.0 Å². The first-order chi connectivity index (χ1) is 14.9. The van der Waals surface area contributed by atoms with Gasteiger partial charge in [-0.05, 0) is 23.3 Å². The van der Waals surface area contributed by atoms with E-state index in [0.29, 0.717) is 5.56 Å². The van der Waals surface area contributed by atoms with Crippen LogP contribution in [-0.4, -0.2) is 48.9 Å². The molecule has 0 bridgehead atoms. The van der Waals surface area contributed by atoms with Gasteiger partial charge in [0.15, 0.2) is 0 Å². The Labute approximate surface area is 179 Å². The number of ether oxygens (including phenoxy) is 2. The smallest absolute Gasteiger partial charge is 0.407 e. The highest BCUT2D eigenvalue weighted by Gasteiger charge is 2.23. The number of aliphatic hydroxyl groups is 1. The Balaban J connectivity index is 1.77. The molecule has 8 nitrogen and oxygen atoms in total. The van der Waals surface area contributed by atoms with Gasteiger partial charge in [0.05, 0.1) is 19.6 Å². The van der Waals surface area contributed by atoms with Crippen LogP contribution in [0.1, 0.15) is 17.5 Å². The van der Waals surface area contributed by atoms with E-state index in [-0.39, 0.29) is 26.0 Å². The van der Waals surface area contributed by atoms with E-state index in [0.717, 1.165) is 5.56 Å². The lowest BCUT2D eigenvalue weighted by molar-refractivity contribution is -0.145. The fraction of sp³-hybridized carbons (Fsp3) is 0.318. The number of carbonyl (C=O) groups is 3. The van der Waals surface area contributed by atoms with E-state index in [4.69, 9.17) is 4.74 Å². The van der Waals surface area contributed by atoms with Crippen molar-refractivity contribution < 1.29 is 33.4 Å². The summed E-state index contributed by atoms with van der Waals surface area (Å²) in [7, 11) is 1.17. The van der Waals surface area contributed by atoms with Gasteiger partial charge in [0.25, 0.3) is 0 Å². The minimum atomic E-state index is -1.20. The number of carbonyl (C=O) groups excluding carboxylic acids is 3. The predicted molar refractivity (Wildman–Crippen MR) is 109 cm³/mol. The monoisotopic (exact) mass is 432 g/mol. The fourth-order valence-corrected chi connectivity index (χ4v) is 2.75. The van der Waals surface area contributed by atoms with Gasteiger partial charge in [0, 0.05) is 13.0 Å². The van der Waals surface area contributed by atoms with Crippen LogP contribution in [-0.2, 0) is 32.1 Å². The molecule has 0 aliphatic rings. The molecule has 0 spiro atoms. The summed E-state index contributed by atoms with van der Waals surface area (Å²) in [5.74, 6) is -1.79. The molecule has 0 radical (unpaired) electrons. The number of esters is 1. The summed E-state index contributed by atoms with van der Waals surface area (Å²) in [6.07, 6.45) is -2.27. The van der Waals surface area contributed by atoms with E-state index < -0.39 is 35.9 Å². The number of alkyl carbamates (subject to hydrolysis) is 1. The van der Waals surface area contributed by atoms with E-state index >= 15 is 0 Å². The van der Waals surface area contributed by atoms with Gasteiger partial charge in [-0.25, -0.2) is 14.0 Å². The largest absolute Gasteiger partial charge is 0.467 e. The first-order valence-corrected chi connectivity index (χ1v) is 9.61. The number of hydrogen-bond donors (Lipinski definition) is 3. The fourth-order valence-electron chi connectivity index (χ4n) is 2.75. The van der Waals surface area contributed by atoms with Gasteiger partial charge < -0.3 is 25.2 Å². The molecule has 2 aromatic rings. The molecule has 0 saturated heterocycles. The van der Waals surface area contributed by atoms with Crippen LogP contribution in [0, 0.1) is 5.82 Å². The number of nitrogens with one attached hydrogen (secondary N) is 2. The Hall–Kier alpha value is -3.46. The molecule has 0 aliphatic carbocycles. The zero-order valence-electron chi connectivity index (χ0n) is 17.0. The van der Waals surface area contributed by atoms with E-state index in [1.54, 1.807) is 18.2 Å². The topological polar surface area (TPSA) is 114 Å². The minimum absolute atomic E-state index is 0.0241. The van der Waals surface area contributed by atoms with E-state index in [2.05, 4.69) is 15.4 Å². The molecule has 2 aromatic carbocycles. The maximum atomic E-state index is 13.4. The molecule has 0 saturated carbocycles. The van der Waals surface area contributed by atoms with Crippen LogP contribution in [0.2, 0.25) is 0 Å². The Bertz CT molecular complexity index is 877. The first kappa shape index (κ1) is 23.8. The van der Waals surface area contributed by atoms with Gasteiger partial charge in [-0.2, -0.15) is 0 Å². The van der Waals surface area contributed by atoms with Crippen molar-refractivity contribution in [2.75, 3.05) is 13.7 Å². The van der Waals surface area contributed by atoms with Crippen molar-refractivity contribution in [2.24, 2.45) is 0 Å². The van der Waals surface area contributed by atoms with Gasteiger partial charge in [-0.15, -0.1) is 0 Å². The second-order valence-electron chi connectivity index (χ2n) is 6.78. The molecule has 2 amide bonds. The normalized spacial score (nSPS) is 12.4. The molecule has 0 unspecified atom stereocenters. The molecule has 3 N–H and O–H groups in total. The second-order valence-corrected chi connectivity index (χ2v) is 6.78. The average Bonchev–Trinajstić information content (AvgIpc) is 2.76. The minimum Gasteiger partial charge on any atom is -0.467 e. The number of hydrogen-bond acceptors (Lipinski definition) is 6. The van der Waals surface area contributed by atoms with Gasteiger partial charge in [0.1, 0.15) is 18.5 Å². The summed E-state index contributed by atoms with van der Waals surface area (Å²) in [6.45, 7) is -0.141. The number of benzene rings is 2. The maximum absolute atomic E-state index is 13.4. The van der Waals surface area contributed by atoms with Crippen molar-refractivity contribution in [3.63, 3.8) is 0 Å². The summed E-state index contributed by atoms with van der Waals surface area (Å²) < 4.78 is 23.1. The third-order valence-corrected chi connectivity index (χ3v) is 4.27. The van der Waals surface area contributed by atoms with Crippen LogP contribution in [0.4, 0.5) is 9.18 Å². The van der Waals surface area contributed by atoms with Crippen LogP contribution in [0.3, 0.4) is 0 Å². The summed E-state index contributed by atoms with van der Waals surface area (Å²) in [5, 5.41) is 14.8. The number of aliphatic hydroxyl groups excluding tert-OH is 1. The van der Waals surface area contributed by atoms with Gasteiger partial charge >= 0.3 is 12.1 Å². The highest BCUT2D eigenvalue weighted by molar-refractivity contribution is 5.84. The van der Waals surface area contributed by atoms with Gasteiger partial charge in [0.2, 0.25) is 5.91 Å². The lowest BCUT2D eigenvalue weighted by Gasteiger charge is -2.18. The zero-order valence-corrected chi connectivity index (χ0v) is 17.0. The molecule has 2 rings (SSSR count). The summed E-state index contributed by atoms with van der Waals surface area (Å²) in [6, 6.07) is 13.7. The molecule has 31 heavy (non-hydrogen) atoms. The second kappa shape index (κ2) is 12.3. The standard InChI is InChI=1S/C22H25FN2O6/c1-30-21(28)19(11-16-8-5-9-17(23)10-16)25-20(27)12-18(26)13-24-22(29)31-14-15-6-3-2-4-7-15/h2-10,18-19,26H,11-14H2,1H3,(H,24,29)(H,25,27)/t18-,19+/m1/s1. The molecule has 9 heteroatoms. The number of rotatable bonds is 10. The van der Waals surface area contributed by atoms with Crippen molar-refractivity contribution in [3.05, 3.63) is 71.5 Å². The zero-order chi connectivity index (χ0) is 22.6. The van der Waals surface area contributed by atoms with Crippen molar-refractivity contribution in [3.8, 4) is 0 Å². The van der Waals surface area contributed by atoms with Crippen LogP contribution in [0.25, 0.3) is 0 Å². The third-order valence-electron chi connectivity index (χ3n) is 4.27. The van der Waals surface area contributed by atoms with Crippen LogP contribution >= 0.6 is 0 Å². The molecular weight excluding hydrogens is 407 g/mol. The first-order valence-electron chi connectivity index (χ1n) is 9.61. The molecule has 2 atom stereocenters. The SMILES string of the molecule is COC(=O)[C@H](Cc1cccc(F)c1)NC(=O)C[C@@H](O)CNC(=O)OCc1ccccc1. The van der Waals surface area contributed by atoms with E-state index in [9.17, 15) is 23.9 Å². The summed E-state index contributed by atoms with van der Waals surface area (Å²) in [4.78, 5) is 35.9. The van der Waals surface area contributed by atoms with E-state index in [1.165, 1.54) is 25.3 Å². The number of methoxy groups -OCH3 is 1. The Morgan fingerprint density at radius 1 is 1.06 bits per heavy atom. The van der Waals surface area contributed by atoms with Crippen molar-refractivity contribution in [2.45, 2.75) is 31.6 Å². The summed E-state index contributed by atoms with van der Waals surface area (Å²) in [5.41, 5.74) is 1.31.